The smallest absolute Gasteiger partial charge is 0.0386 e. The predicted octanol–water partition coefficient (Wildman–Crippen LogP) is 6.06. The maximum Gasteiger partial charge on any atom is -0.0386 e. The third-order valence-electron chi connectivity index (χ3n) is 5.14. The van der Waals surface area contributed by atoms with Gasteiger partial charge in [0.15, 0.2) is 0 Å². The van der Waals surface area contributed by atoms with E-state index in [4.69, 9.17) is 0 Å². The van der Waals surface area contributed by atoms with E-state index in [1.165, 1.54) is 57.8 Å². The highest BCUT2D eigenvalue weighted by molar-refractivity contribution is 4.79. The molecule has 0 spiro atoms. The summed E-state index contributed by atoms with van der Waals surface area (Å²) in [4.78, 5) is 0. The van der Waals surface area contributed by atoms with Gasteiger partial charge in [-0.2, -0.15) is 0 Å². The Bertz CT molecular complexity index is 169. The first-order valence-corrected chi connectivity index (χ1v) is 8.15. The lowest BCUT2D eigenvalue weighted by atomic mass is 9.69. The van der Waals surface area contributed by atoms with Crippen LogP contribution in [0.2, 0.25) is 0 Å². The summed E-state index contributed by atoms with van der Waals surface area (Å²) in [5.41, 5.74) is 0. The second-order valence-corrected chi connectivity index (χ2v) is 6.70. The monoisotopic (exact) mass is 238 g/mol. The van der Waals surface area contributed by atoms with Crippen LogP contribution in [0.15, 0.2) is 0 Å². The molecule has 0 heteroatoms. The second kappa shape index (κ2) is 8.16. The van der Waals surface area contributed by atoms with Crippen molar-refractivity contribution in [3.63, 3.8) is 0 Å². The van der Waals surface area contributed by atoms with E-state index in [-0.39, 0.29) is 0 Å². The van der Waals surface area contributed by atoms with E-state index in [1.54, 1.807) is 0 Å². The van der Waals surface area contributed by atoms with Crippen molar-refractivity contribution < 1.29 is 0 Å². The normalized spacial score (nSPS) is 38.1. The van der Waals surface area contributed by atoms with Crippen molar-refractivity contribution in [1.82, 2.24) is 0 Å². The molecule has 0 aliphatic heterocycles. The molecule has 4 unspecified atom stereocenters. The third-order valence-corrected chi connectivity index (χ3v) is 5.14. The van der Waals surface area contributed by atoms with Crippen LogP contribution in [0.3, 0.4) is 0 Å². The summed E-state index contributed by atoms with van der Waals surface area (Å²) in [6.45, 7) is 9.60. The quantitative estimate of drug-likeness (QED) is 0.521. The molecule has 102 valence electrons. The Morgan fingerprint density at radius 2 is 1.24 bits per heavy atom. The number of rotatable bonds is 1. The van der Waals surface area contributed by atoms with Crippen molar-refractivity contribution in [2.75, 3.05) is 0 Å². The first kappa shape index (κ1) is 15.1. The minimum atomic E-state index is 0.962. The summed E-state index contributed by atoms with van der Waals surface area (Å²) in [5, 5.41) is 0. The van der Waals surface area contributed by atoms with Crippen LogP contribution in [0.1, 0.15) is 85.5 Å². The highest BCUT2D eigenvalue weighted by Gasteiger charge is 2.29. The molecule has 17 heavy (non-hydrogen) atoms. The molecular weight excluding hydrogens is 204 g/mol. The fourth-order valence-corrected chi connectivity index (χ4v) is 3.74. The Morgan fingerprint density at radius 3 is 1.65 bits per heavy atom. The molecule has 2 aliphatic rings. The molecule has 0 radical (unpaired) electrons. The summed E-state index contributed by atoms with van der Waals surface area (Å²) in [5.74, 6) is 3.92. The van der Waals surface area contributed by atoms with Crippen LogP contribution in [0.5, 0.6) is 0 Å². The van der Waals surface area contributed by atoms with E-state index in [2.05, 4.69) is 27.7 Å². The summed E-state index contributed by atoms with van der Waals surface area (Å²) in [7, 11) is 0. The van der Waals surface area contributed by atoms with Crippen molar-refractivity contribution in [2.24, 2.45) is 23.7 Å². The molecule has 2 aliphatic carbocycles. The van der Waals surface area contributed by atoms with E-state index in [0.29, 0.717) is 0 Å². The van der Waals surface area contributed by atoms with Crippen LogP contribution in [0.25, 0.3) is 0 Å². The van der Waals surface area contributed by atoms with Crippen LogP contribution in [-0.4, -0.2) is 0 Å². The van der Waals surface area contributed by atoms with Crippen LogP contribution in [0, 0.1) is 23.7 Å². The molecule has 0 nitrogen and oxygen atoms in total. The Balaban J connectivity index is 0.000000202. The Kier molecular flexibility index (Phi) is 7.23. The molecule has 2 rings (SSSR count). The summed E-state index contributed by atoms with van der Waals surface area (Å²) < 4.78 is 0. The van der Waals surface area contributed by atoms with Crippen molar-refractivity contribution in [2.45, 2.75) is 85.5 Å². The highest BCUT2D eigenvalue weighted by Crippen LogP contribution is 2.38. The lowest BCUT2D eigenvalue weighted by molar-refractivity contribution is 0.134. The topological polar surface area (TPSA) is 0 Å². The lowest BCUT2D eigenvalue weighted by Gasteiger charge is -2.37. The lowest BCUT2D eigenvalue weighted by Crippen LogP contribution is -2.27. The van der Waals surface area contributed by atoms with E-state index in [1.807, 2.05) is 0 Å². The van der Waals surface area contributed by atoms with Gasteiger partial charge < -0.3 is 0 Å². The average molecular weight is 238 g/mol. The zero-order valence-corrected chi connectivity index (χ0v) is 12.7. The van der Waals surface area contributed by atoms with Crippen LogP contribution in [-0.2, 0) is 0 Å². The Labute approximate surface area is 110 Å². The molecule has 0 amide bonds. The van der Waals surface area contributed by atoms with Crippen molar-refractivity contribution in [3.8, 4) is 0 Å². The highest BCUT2D eigenvalue weighted by atomic mass is 14.3. The maximum absolute atomic E-state index is 2.44. The van der Waals surface area contributed by atoms with Gasteiger partial charge >= 0.3 is 0 Å². The molecule has 0 saturated heterocycles. The Morgan fingerprint density at radius 1 is 0.765 bits per heavy atom. The molecular formula is C17H34. The number of hydrogen-bond acceptors (Lipinski definition) is 0. The van der Waals surface area contributed by atoms with Gasteiger partial charge in [0.1, 0.15) is 0 Å². The van der Waals surface area contributed by atoms with Crippen molar-refractivity contribution in [3.05, 3.63) is 0 Å². The summed E-state index contributed by atoms with van der Waals surface area (Å²) in [6.07, 6.45) is 13.3. The van der Waals surface area contributed by atoms with Crippen LogP contribution < -0.4 is 0 Å². The van der Waals surface area contributed by atoms with Crippen LogP contribution >= 0.6 is 0 Å². The summed E-state index contributed by atoms with van der Waals surface area (Å²) >= 11 is 0. The van der Waals surface area contributed by atoms with Crippen LogP contribution in [0.4, 0.5) is 0 Å². The first-order valence-electron chi connectivity index (χ1n) is 8.15. The zero-order valence-electron chi connectivity index (χ0n) is 12.7. The SMILES string of the molecule is C1CCCCC1.CCC1CC(C)CC(C)C1C. The van der Waals surface area contributed by atoms with Gasteiger partial charge in [0.05, 0.1) is 0 Å². The zero-order chi connectivity index (χ0) is 12.7. The van der Waals surface area contributed by atoms with Gasteiger partial charge in [0.2, 0.25) is 0 Å². The van der Waals surface area contributed by atoms with Crippen molar-refractivity contribution >= 4 is 0 Å². The standard InChI is InChI=1S/C11H22.C6H12/c1-5-11-7-8(2)6-9(3)10(11)4;1-2-4-6-5-3-1/h8-11H,5-7H2,1-4H3;1-6H2. The van der Waals surface area contributed by atoms with Gasteiger partial charge in [0.25, 0.3) is 0 Å². The largest absolute Gasteiger partial charge is 0.0651 e. The first-order chi connectivity index (χ1) is 8.15. The molecule has 2 saturated carbocycles. The van der Waals surface area contributed by atoms with Gasteiger partial charge in [0, 0.05) is 0 Å². The molecule has 0 aromatic rings. The van der Waals surface area contributed by atoms with Gasteiger partial charge in [-0.25, -0.2) is 0 Å². The second-order valence-electron chi connectivity index (χ2n) is 6.70. The minimum absolute atomic E-state index is 0.962. The minimum Gasteiger partial charge on any atom is -0.0651 e. The molecule has 0 heterocycles. The fraction of sp³-hybridized carbons (Fsp3) is 1.00. The molecule has 0 bridgehead atoms. The molecule has 0 N–H and O–H groups in total. The van der Waals surface area contributed by atoms with Crippen molar-refractivity contribution in [1.29, 1.82) is 0 Å². The Hall–Kier alpha value is 0. The molecule has 0 aromatic heterocycles. The number of hydrogen-bond donors (Lipinski definition) is 0. The third kappa shape index (κ3) is 5.44. The van der Waals surface area contributed by atoms with Gasteiger partial charge in [-0.15, -0.1) is 0 Å². The van der Waals surface area contributed by atoms with E-state index in [0.717, 1.165) is 23.7 Å². The van der Waals surface area contributed by atoms with E-state index in [9.17, 15) is 0 Å². The maximum atomic E-state index is 2.44. The van der Waals surface area contributed by atoms with E-state index >= 15 is 0 Å². The van der Waals surface area contributed by atoms with Gasteiger partial charge in [-0.1, -0.05) is 72.6 Å². The van der Waals surface area contributed by atoms with E-state index < -0.39 is 0 Å². The fourth-order valence-electron chi connectivity index (χ4n) is 3.74. The molecule has 4 atom stereocenters. The summed E-state index contributed by atoms with van der Waals surface area (Å²) in [6, 6.07) is 0. The molecule has 2 fully saturated rings. The van der Waals surface area contributed by atoms with Gasteiger partial charge in [-0.3, -0.25) is 0 Å². The molecule has 0 aromatic carbocycles. The van der Waals surface area contributed by atoms with Gasteiger partial charge in [-0.05, 0) is 36.5 Å². The predicted molar refractivity (Wildman–Crippen MR) is 78.2 cm³/mol. The average Bonchev–Trinajstić information content (AvgIpc) is 2.36.